The molecule has 0 aliphatic rings. The molecule has 5 heteroatoms. The monoisotopic (exact) mass is 357 g/mol. The summed E-state index contributed by atoms with van der Waals surface area (Å²) in [4.78, 5) is 0. The average molecular weight is 359 g/mol. The molecule has 0 unspecified atom stereocenters. The van der Waals surface area contributed by atoms with Gasteiger partial charge in [-0.05, 0) is 29.3 Å². The van der Waals surface area contributed by atoms with Gasteiger partial charge in [0.05, 0.1) is 12.1 Å². The van der Waals surface area contributed by atoms with Gasteiger partial charge in [-0.1, -0.05) is 46.3 Å². The minimum atomic E-state index is -0.708. The van der Waals surface area contributed by atoms with Crippen molar-refractivity contribution in [3.05, 3.63) is 64.1 Å². The van der Waals surface area contributed by atoms with E-state index in [-0.39, 0.29) is 18.2 Å². The van der Waals surface area contributed by atoms with Crippen molar-refractivity contribution in [2.75, 3.05) is 0 Å². The number of aromatic hydroxyl groups is 1. The molecule has 0 fully saturated rings. The maximum absolute atomic E-state index is 10.2. The molecule has 0 aromatic heterocycles. The summed E-state index contributed by atoms with van der Waals surface area (Å²) in [5.41, 5.74) is 7.79. The first-order chi connectivity index (χ1) is 9.08. The van der Waals surface area contributed by atoms with E-state index in [0.29, 0.717) is 12.0 Å². The van der Waals surface area contributed by atoms with Crippen LogP contribution in [-0.2, 0) is 6.42 Å². The Labute approximate surface area is 133 Å². The lowest BCUT2D eigenvalue weighted by Crippen LogP contribution is -2.28. The lowest BCUT2D eigenvalue weighted by molar-refractivity contribution is 0.144. The molecule has 4 N–H and O–H groups in total. The maximum atomic E-state index is 10.2. The molecule has 0 aliphatic heterocycles. The van der Waals surface area contributed by atoms with Gasteiger partial charge < -0.3 is 15.9 Å². The third kappa shape index (κ3) is 4.21. The Morgan fingerprint density at radius 1 is 1.10 bits per heavy atom. The number of phenolic OH excluding ortho intramolecular Hbond substituents is 1. The quantitative estimate of drug-likeness (QED) is 0.786. The Hall–Kier alpha value is -1.07. The number of nitrogens with two attached hydrogens (primary N) is 1. The van der Waals surface area contributed by atoms with Crippen LogP contribution in [0.3, 0.4) is 0 Å². The van der Waals surface area contributed by atoms with Crippen LogP contribution in [0, 0.1) is 0 Å². The first kappa shape index (κ1) is 17.0. The fourth-order valence-corrected chi connectivity index (χ4v) is 2.49. The molecule has 3 nitrogen and oxygen atoms in total. The fraction of sp³-hybridized carbons (Fsp3) is 0.200. The van der Waals surface area contributed by atoms with Gasteiger partial charge in [0.15, 0.2) is 0 Å². The number of hydrogen-bond donors (Lipinski definition) is 3. The molecule has 0 saturated heterocycles. The summed E-state index contributed by atoms with van der Waals surface area (Å²) in [7, 11) is 0. The van der Waals surface area contributed by atoms with Crippen LogP contribution in [0.25, 0.3) is 0 Å². The number of phenols is 1. The van der Waals surface area contributed by atoms with Crippen LogP contribution in [0.5, 0.6) is 5.75 Å². The van der Waals surface area contributed by atoms with Crippen molar-refractivity contribution < 1.29 is 10.2 Å². The van der Waals surface area contributed by atoms with E-state index in [1.807, 2.05) is 30.3 Å². The highest BCUT2D eigenvalue weighted by Crippen LogP contribution is 2.28. The number of halogens is 2. The fourth-order valence-electron chi connectivity index (χ4n) is 1.98. The molecular formula is C15H17BrClNO2. The molecule has 2 aromatic rings. The number of aliphatic hydroxyl groups is 1. The van der Waals surface area contributed by atoms with Crippen LogP contribution in [0.1, 0.15) is 17.2 Å². The first-order valence-corrected chi connectivity index (χ1v) is 6.83. The number of benzene rings is 2. The smallest absolute Gasteiger partial charge is 0.115 e. The lowest BCUT2D eigenvalue weighted by Gasteiger charge is -2.20. The molecule has 0 amide bonds. The van der Waals surface area contributed by atoms with Gasteiger partial charge in [0.25, 0.3) is 0 Å². The predicted molar refractivity (Wildman–Crippen MR) is 86.1 cm³/mol. The molecular weight excluding hydrogens is 342 g/mol. The Morgan fingerprint density at radius 2 is 1.75 bits per heavy atom. The summed E-state index contributed by atoms with van der Waals surface area (Å²) >= 11 is 3.38. The molecule has 0 heterocycles. The first-order valence-electron chi connectivity index (χ1n) is 6.04. The molecule has 0 aliphatic carbocycles. The van der Waals surface area contributed by atoms with Crippen molar-refractivity contribution in [2.24, 2.45) is 5.73 Å². The topological polar surface area (TPSA) is 66.5 Å². The zero-order valence-corrected chi connectivity index (χ0v) is 13.1. The summed E-state index contributed by atoms with van der Waals surface area (Å²) in [5, 5.41) is 19.7. The summed E-state index contributed by atoms with van der Waals surface area (Å²) < 4.78 is 0.782. The second kappa shape index (κ2) is 7.64. The Morgan fingerprint density at radius 3 is 2.40 bits per heavy atom. The largest absolute Gasteiger partial charge is 0.508 e. The normalized spacial score (nSPS) is 13.3. The Balaban J connectivity index is 0.00000200. The average Bonchev–Trinajstić information content (AvgIpc) is 2.42. The standard InChI is InChI=1S/C15H16BrNO2.ClH/c16-13-7-6-11(18)9-12(13)15(17)14(19)8-10-4-2-1-3-5-10;/h1-7,9,14-15,18-19H,8,17H2;1H/t14-,15+;/m1./s1. The van der Waals surface area contributed by atoms with Crippen molar-refractivity contribution in [3.63, 3.8) is 0 Å². The van der Waals surface area contributed by atoms with Crippen molar-refractivity contribution in [3.8, 4) is 5.75 Å². The zero-order valence-electron chi connectivity index (χ0n) is 10.7. The van der Waals surface area contributed by atoms with Crippen LogP contribution >= 0.6 is 28.3 Å². The third-order valence-electron chi connectivity index (χ3n) is 3.04. The number of aliphatic hydroxyl groups excluding tert-OH is 1. The SMILES string of the molecule is Cl.N[C@@H](c1cc(O)ccc1Br)[C@H](O)Cc1ccccc1. The van der Waals surface area contributed by atoms with E-state index >= 15 is 0 Å². The van der Waals surface area contributed by atoms with Crippen LogP contribution in [0.4, 0.5) is 0 Å². The summed E-state index contributed by atoms with van der Waals surface area (Å²) in [6, 6.07) is 14.0. The Bertz CT molecular complexity index is 551. The van der Waals surface area contributed by atoms with Crippen LogP contribution in [0.15, 0.2) is 53.0 Å². The molecule has 0 bridgehead atoms. The summed E-state index contributed by atoms with van der Waals surface area (Å²) in [6.45, 7) is 0. The van der Waals surface area contributed by atoms with E-state index in [2.05, 4.69) is 15.9 Å². The van der Waals surface area contributed by atoms with Gasteiger partial charge in [-0.15, -0.1) is 12.4 Å². The molecule has 108 valence electrons. The van der Waals surface area contributed by atoms with E-state index in [0.717, 1.165) is 10.0 Å². The van der Waals surface area contributed by atoms with Gasteiger partial charge in [0.2, 0.25) is 0 Å². The summed E-state index contributed by atoms with van der Waals surface area (Å²) in [5.74, 6) is 0.139. The van der Waals surface area contributed by atoms with Crippen molar-refractivity contribution in [1.29, 1.82) is 0 Å². The molecule has 0 radical (unpaired) electrons. The number of hydrogen-bond acceptors (Lipinski definition) is 3. The molecule has 2 aromatic carbocycles. The van der Waals surface area contributed by atoms with E-state index < -0.39 is 12.1 Å². The van der Waals surface area contributed by atoms with E-state index in [1.165, 1.54) is 0 Å². The van der Waals surface area contributed by atoms with E-state index in [4.69, 9.17) is 5.73 Å². The highest BCUT2D eigenvalue weighted by Gasteiger charge is 2.19. The van der Waals surface area contributed by atoms with Gasteiger partial charge in [-0.3, -0.25) is 0 Å². The van der Waals surface area contributed by atoms with Gasteiger partial charge >= 0.3 is 0 Å². The molecule has 0 saturated carbocycles. The highest BCUT2D eigenvalue weighted by molar-refractivity contribution is 9.10. The minimum Gasteiger partial charge on any atom is -0.508 e. The molecule has 2 rings (SSSR count). The predicted octanol–water partition coefficient (Wildman–Crippen LogP) is 3.18. The van der Waals surface area contributed by atoms with Crippen molar-refractivity contribution in [2.45, 2.75) is 18.6 Å². The maximum Gasteiger partial charge on any atom is 0.115 e. The molecule has 2 atom stereocenters. The van der Waals surface area contributed by atoms with Gasteiger partial charge in [0, 0.05) is 10.9 Å². The van der Waals surface area contributed by atoms with Crippen molar-refractivity contribution >= 4 is 28.3 Å². The van der Waals surface area contributed by atoms with Gasteiger partial charge in [-0.25, -0.2) is 0 Å². The minimum absolute atomic E-state index is 0. The van der Waals surface area contributed by atoms with Gasteiger partial charge in [0.1, 0.15) is 5.75 Å². The second-order valence-corrected chi connectivity index (χ2v) is 5.34. The van der Waals surface area contributed by atoms with Crippen LogP contribution < -0.4 is 5.73 Å². The Kier molecular flexibility index (Phi) is 6.49. The second-order valence-electron chi connectivity index (χ2n) is 4.49. The lowest BCUT2D eigenvalue weighted by atomic mass is 9.97. The highest BCUT2D eigenvalue weighted by atomic mass is 79.9. The third-order valence-corrected chi connectivity index (χ3v) is 3.76. The molecule has 0 spiro atoms. The van der Waals surface area contributed by atoms with Gasteiger partial charge in [-0.2, -0.15) is 0 Å². The van der Waals surface area contributed by atoms with E-state index in [9.17, 15) is 10.2 Å². The zero-order chi connectivity index (χ0) is 13.8. The molecule has 20 heavy (non-hydrogen) atoms. The summed E-state index contributed by atoms with van der Waals surface area (Å²) in [6.07, 6.45) is -0.232. The number of rotatable bonds is 4. The van der Waals surface area contributed by atoms with E-state index in [1.54, 1.807) is 18.2 Å². The van der Waals surface area contributed by atoms with Crippen molar-refractivity contribution in [1.82, 2.24) is 0 Å². The van der Waals surface area contributed by atoms with Crippen LogP contribution in [-0.4, -0.2) is 16.3 Å². The van der Waals surface area contributed by atoms with Crippen LogP contribution in [0.2, 0.25) is 0 Å².